The van der Waals surface area contributed by atoms with E-state index in [0.717, 1.165) is 22.4 Å². The van der Waals surface area contributed by atoms with Gasteiger partial charge in [-0.3, -0.25) is 10.1 Å². The van der Waals surface area contributed by atoms with Crippen LogP contribution in [0.1, 0.15) is 4.88 Å². The normalized spacial score (nSPS) is 10.7. The Bertz CT molecular complexity index is 1170. The molecule has 3 N–H and O–H groups in total. The monoisotopic (exact) mass is 361 g/mol. The fourth-order valence-corrected chi connectivity index (χ4v) is 3.77. The van der Waals surface area contributed by atoms with Gasteiger partial charge in [0.25, 0.3) is 5.69 Å². The van der Waals surface area contributed by atoms with Gasteiger partial charge in [-0.25, -0.2) is 4.98 Å². The molecule has 0 aliphatic rings. The molecular formula is C18H11N5O2S. The Morgan fingerprint density at radius 3 is 2.73 bits per heavy atom. The lowest BCUT2D eigenvalue weighted by atomic mass is 10.0. The second kappa shape index (κ2) is 5.98. The molecule has 4 aromatic rings. The van der Waals surface area contributed by atoms with Gasteiger partial charge in [0.2, 0.25) is 0 Å². The fourth-order valence-electron chi connectivity index (χ4n) is 2.88. The maximum Gasteiger partial charge on any atom is 0.270 e. The first kappa shape index (κ1) is 15.8. The Balaban J connectivity index is 1.99. The highest BCUT2D eigenvalue weighted by atomic mass is 32.1. The first-order valence-electron chi connectivity index (χ1n) is 7.61. The molecule has 4 rings (SSSR count). The maximum atomic E-state index is 11.1. The number of aromatic amines is 1. The second-order valence-electron chi connectivity index (χ2n) is 5.57. The molecule has 2 aromatic heterocycles. The van der Waals surface area contributed by atoms with E-state index in [-0.39, 0.29) is 5.69 Å². The van der Waals surface area contributed by atoms with E-state index in [4.69, 9.17) is 5.73 Å². The average molecular weight is 361 g/mol. The summed E-state index contributed by atoms with van der Waals surface area (Å²) in [4.78, 5) is 18.8. The number of hydrogen-bond acceptors (Lipinski definition) is 6. The number of nitrogen functional groups attached to an aromatic ring is 1. The predicted octanol–water partition coefficient (Wildman–Crippen LogP) is 4.32. The molecule has 0 fully saturated rings. The fraction of sp³-hybridized carbons (Fsp3) is 0. The first-order valence-corrected chi connectivity index (χ1v) is 8.42. The molecule has 7 nitrogen and oxygen atoms in total. The Labute approximate surface area is 151 Å². The van der Waals surface area contributed by atoms with Crippen LogP contribution in [0.15, 0.2) is 48.5 Å². The topological polar surface area (TPSA) is 122 Å². The highest BCUT2D eigenvalue weighted by Gasteiger charge is 2.23. The van der Waals surface area contributed by atoms with E-state index in [1.807, 2.05) is 24.3 Å². The van der Waals surface area contributed by atoms with Crippen LogP contribution >= 0.6 is 11.3 Å². The lowest BCUT2D eigenvalue weighted by Crippen LogP contribution is -1.91. The van der Waals surface area contributed by atoms with Crippen LogP contribution in [0.3, 0.4) is 0 Å². The number of non-ortho nitro benzene ring substituents is 1. The number of anilines is 1. The summed E-state index contributed by atoms with van der Waals surface area (Å²) in [5.41, 5.74) is 9.44. The molecule has 0 unspecified atom stereocenters. The minimum atomic E-state index is -0.466. The van der Waals surface area contributed by atoms with Crippen LogP contribution in [0.4, 0.5) is 10.7 Å². The number of nitro benzene ring substituents is 1. The first-order chi connectivity index (χ1) is 12.6. The Morgan fingerprint density at radius 2 is 2.00 bits per heavy atom. The third-order valence-corrected chi connectivity index (χ3v) is 4.93. The number of imidazole rings is 1. The SMILES string of the molecule is N#Cc1sc(N)c(-c2nc3ccccc3[nH]2)c1-c1cccc([N+](=O)[O-])c1. The van der Waals surface area contributed by atoms with E-state index in [9.17, 15) is 15.4 Å². The van der Waals surface area contributed by atoms with E-state index in [1.54, 1.807) is 12.1 Å². The summed E-state index contributed by atoms with van der Waals surface area (Å²) in [5.74, 6) is 0.531. The van der Waals surface area contributed by atoms with Gasteiger partial charge in [0.05, 0.1) is 26.5 Å². The lowest BCUT2D eigenvalue weighted by Gasteiger charge is -2.04. The van der Waals surface area contributed by atoms with Crippen molar-refractivity contribution in [1.82, 2.24) is 9.97 Å². The van der Waals surface area contributed by atoms with Crippen molar-refractivity contribution in [2.45, 2.75) is 0 Å². The van der Waals surface area contributed by atoms with E-state index in [0.29, 0.717) is 32.4 Å². The number of nitrogens with one attached hydrogen (secondary N) is 1. The number of H-pyrrole nitrogens is 1. The molecule has 8 heteroatoms. The van der Waals surface area contributed by atoms with Crippen molar-refractivity contribution < 1.29 is 4.92 Å². The van der Waals surface area contributed by atoms with E-state index in [2.05, 4.69) is 16.0 Å². The van der Waals surface area contributed by atoms with Gasteiger partial charge in [0, 0.05) is 17.7 Å². The van der Waals surface area contributed by atoms with Gasteiger partial charge in [-0.05, 0) is 17.7 Å². The Morgan fingerprint density at radius 1 is 1.19 bits per heavy atom. The number of thiophene rings is 1. The lowest BCUT2D eigenvalue weighted by molar-refractivity contribution is -0.384. The van der Waals surface area contributed by atoms with Crippen molar-refractivity contribution in [3.05, 3.63) is 63.5 Å². The largest absolute Gasteiger partial charge is 0.390 e. The minimum Gasteiger partial charge on any atom is -0.390 e. The molecule has 0 amide bonds. The number of nitrogens with zero attached hydrogens (tertiary/aromatic N) is 3. The number of aromatic nitrogens is 2. The average Bonchev–Trinajstić information content (AvgIpc) is 3.21. The van der Waals surface area contributed by atoms with Crippen molar-refractivity contribution in [3.8, 4) is 28.6 Å². The molecule has 0 spiro atoms. The van der Waals surface area contributed by atoms with E-state index in [1.165, 1.54) is 12.1 Å². The van der Waals surface area contributed by atoms with Gasteiger partial charge < -0.3 is 10.7 Å². The standard InChI is InChI=1S/C18H11N5O2S/c19-9-14-15(10-4-3-5-11(8-10)23(24)25)16(17(20)26-14)18-21-12-6-1-2-7-13(12)22-18/h1-8H,20H2,(H,21,22). The smallest absolute Gasteiger partial charge is 0.270 e. The van der Waals surface area contributed by atoms with Crippen molar-refractivity contribution >= 4 is 33.1 Å². The highest BCUT2D eigenvalue weighted by Crippen LogP contribution is 2.44. The number of benzene rings is 2. The zero-order valence-electron chi connectivity index (χ0n) is 13.3. The number of hydrogen-bond donors (Lipinski definition) is 2. The molecule has 2 aromatic carbocycles. The minimum absolute atomic E-state index is 0.0493. The highest BCUT2D eigenvalue weighted by molar-refractivity contribution is 7.17. The van der Waals surface area contributed by atoms with Crippen molar-refractivity contribution in [3.63, 3.8) is 0 Å². The van der Waals surface area contributed by atoms with Gasteiger partial charge >= 0.3 is 0 Å². The predicted molar refractivity (Wildman–Crippen MR) is 101 cm³/mol. The van der Waals surface area contributed by atoms with E-state index < -0.39 is 4.92 Å². The summed E-state index contributed by atoms with van der Waals surface area (Å²) in [7, 11) is 0. The van der Waals surface area contributed by atoms with Crippen LogP contribution in [-0.2, 0) is 0 Å². The van der Waals surface area contributed by atoms with Gasteiger partial charge in [0.1, 0.15) is 16.8 Å². The molecule has 0 bridgehead atoms. The molecule has 0 aliphatic heterocycles. The van der Waals surface area contributed by atoms with Crippen LogP contribution in [0.25, 0.3) is 33.5 Å². The van der Waals surface area contributed by atoms with Crippen LogP contribution < -0.4 is 5.73 Å². The summed E-state index contributed by atoms with van der Waals surface area (Å²) in [6, 6.07) is 15.8. The van der Waals surface area contributed by atoms with Crippen LogP contribution in [-0.4, -0.2) is 14.9 Å². The second-order valence-corrected chi connectivity index (χ2v) is 6.62. The molecule has 2 heterocycles. The zero-order valence-corrected chi connectivity index (χ0v) is 14.1. The number of nitro groups is 1. The molecule has 0 saturated heterocycles. The van der Waals surface area contributed by atoms with Crippen LogP contribution in [0, 0.1) is 21.4 Å². The number of fused-ring (bicyclic) bond motifs is 1. The number of para-hydroxylation sites is 2. The quantitative estimate of drug-likeness (QED) is 0.416. The molecule has 0 atom stereocenters. The Kier molecular flexibility index (Phi) is 3.64. The summed E-state index contributed by atoms with van der Waals surface area (Å²) in [6.45, 7) is 0. The third-order valence-electron chi connectivity index (χ3n) is 4.01. The number of rotatable bonds is 3. The summed E-state index contributed by atoms with van der Waals surface area (Å²) >= 11 is 1.14. The number of nitriles is 1. The van der Waals surface area contributed by atoms with Gasteiger partial charge in [-0.15, -0.1) is 11.3 Å². The van der Waals surface area contributed by atoms with Gasteiger partial charge in [-0.2, -0.15) is 5.26 Å². The Hall–Kier alpha value is -3.70. The summed E-state index contributed by atoms with van der Waals surface area (Å²) in [6.07, 6.45) is 0. The van der Waals surface area contributed by atoms with Crippen molar-refractivity contribution in [2.75, 3.05) is 5.73 Å². The van der Waals surface area contributed by atoms with E-state index >= 15 is 0 Å². The molecular weight excluding hydrogens is 350 g/mol. The van der Waals surface area contributed by atoms with Gasteiger partial charge in [0.15, 0.2) is 0 Å². The molecule has 0 radical (unpaired) electrons. The van der Waals surface area contributed by atoms with Crippen molar-refractivity contribution in [2.24, 2.45) is 0 Å². The maximum absolute atomic E-state index is 11.1. The molecule has 126 valence electrons. The number of nitrogens with two attached hydrogens (primary N) is 1. The summed E-state index contributed by atoms with van der Waals surface area (Å²) in [5, 5.41) is 21.1. The zero-order chi connectivity index (χ0) is 18.3. The van der Waals surface area contributed by atoms with Crippen LogP contribution in [0.5, 0.6) is 0 Å². The van der Waals surface area contributed by atoms with Crippen LogP contribution in [0.2, 0.25) is 0 Å². The van der Waals surface area contributed by atoms with Gasteiger partial charge in [-0.1, -0.05) is 24.3 Å². The molecule has 0 aliphatic carbocycles. The third kappa shape index (κ3) is 2.47. The molecule has 26 heavy (non-hydrogen) atoms. The summed E-state index contributed by atoms with van der Waals surface area (Å²) < 4.78 is 0. The van der Waals surface area contributed by atoms with Crippen molar-refractivity contribution in [1.29, 1.82) is 5.26 Å². The molecule has 0 saturated carbocycles.